The molecule has 4 nitrogen and oxygen atoms in total. The second-order valence-corrected chi connectivity index (χ2v) is 6.97. The molecular weight excluding hydrogens is 296 g/mol. The van der Waals surface area contributed by atoms with Gasteiger partial charge >= 0.3 is 0 Å². The van der Waals surface area contributed by atoms with Crippen molar-refractivity contribution >= 4 is 21.8 Å². The molecule has 0 aliphatic carbocycles. The van der Waals surface area contributed by atoms with Crippen LogP contribution in [0.1, 0.15) is 59.8 Å². The van der Waals surface area contributed by atoms with Crippen molar-refractivity contribution in [1.82, 2.24) is 10.5 Å². The summed E-state index contributed by atoms with van der Waals surface area (Å²) in [5.74, 6) is -0.0633. The quantitative estimate of drug-likeness (QED) is 0.625. The zero-order valence-corrected chi connectivity index (χ0v) is 13.5. The zero-order chi connectivity index (χ0) is 13.8. The highest BCUT2D eigenvalue weighted by atomic mass is 79.9. The van der Waals surface area contributed by atoms with Crippen molar-refractivity contribution in [3.8, 4) is 0 Å². The monoisotopic (exact) mass is 320 g/mol. The number of nitrogens with one attached hydrogen (secondary N) is 1. The van der Waals surface area contributed by atoms with Gasteiger partial charge in [0, 0.05) is 22.8 Å². The molecule has 5 heteroatoms. The number of piperidine rings is 1. The van der Waals surface area contributed by atoms with Gasteiger partial charge in [-0.25, -0.2) is 5.48 Å². The van der Waals surface area contributed by atoms with Crippen LogP contribution in [0.5, 0.6) is 0 Å². The standard InChI is InChI=1S/C13H25BrN2O2/c1-12(2)8-6-9-13(3,4)16(12)18-15-11(17)7-5-10-14/h5-10H2,1-4H3,(H,15,17). The third-order valence-electron chi connectivity index (χ3n) is 3.46. The largest absolute Gasteiger partial charge is 0.273 e. The first kappa shape index (κ1) is 15.9. The molecular formula is C13H25BrN2O2. The number of hydroxylamine groups is 3. The van der Waals surface area contributed by atoms with Crippen LogP contribution in [0, 0.1) is 0 Å². The summed E-state index contributed by atoms with van der Waals surface area (Å²) in [6.07, 6.45) is 4.65. The second kappa shape index (κ2) is 6.35. The first-order chi connectivity index (χ1) is 8.29. The number of alkyl halides is 1. The van der Waals surface area contributed by atoms with Crippen LogP contribution in [-0.4, -0.2) is 27.4 Å². The van der Waals surface area contributed by atoms with E-state index in [-0.39, 0.29) is 17.0 Å². The molecule has 0 aromatic heterocycles. The number of hydrogen-bond acceptors (Lipinski definition) is 3. The van der Waals surface area contributed by atoms with Crippen molar-refractivity contribution in [1.29, 1.82) is 0 Å². The Bertz CT molecular complexity index is 277. The number of amides is 1. The topological polar surface area (TPSA) is 41.6 Å². The summed E-state index contributed by atoms with van der Waals surface area (Å²) < 4.78 is 0. The molecule has 0 atom stereocenters. The lowest BCUT2D eigenvalue weighted by atomic mass is 9.82. The van der Waals surface area contributed by atoms with Crippen LogP contribution in [0.3, 0.4) is 0 Å². The van der Waals surface area contributed by atoms with Crippen molar-refractivity contribution in [2.45, 2.75) is 70.9 Å². The first-order valence-electron chi connectivity index (χ1n) is 6.62. The molecule has 1 rings (SSSR count). The van der Waals surface area contributed by atoms with Gasteiger partial charge in [0.1, 0.15) is 0 Å². The van der Waals surface area contributed by atoms with E-state index >= 15 is 0 Å². The summed E-state index contributed by atoms with van der Waals surface area (Å²) in [7, 11) is 0. The summed E-state index contributed by atoms with van der Waals surface area (Å²) in [6, 6.07) is 0. The Morgan fingerprint density at radius 1 is 1.28 bits per heavy atom. The Balaban J connectivity index is 2.54. The van der Waals surface area contributed by atoms with Crippen LogP contribution in [0.4, 0.5) is 0 Å². The molecule has 0 spiro atoms. The molecule has 0 aromatic rings. The van der Waals surface area contributed by atoms with Crippen molar-refractivity contribution in [3.05, 3.63) is 0 Å². The molecule has 1 heterocycles. The van der Waals surface area contributed by atoms with Gasteiger partial charge in [0.15, 0.2) is 0 Å². The van der Waals surface area contributed by atoms with E-state index in [2.05, 4.69) is 49.1 Å². The number of nitrogens with zero attached hydrogens (tertiary/aromatic N) is 1. The fraction of sp³-hybridized carbons (Fsp3) is 0.923. The van der Waals surface area contributed by atoms with Crippen LogP contribution in [-0.2, 0) is 9.73 Å². The van der Waals surface area contributed by atoms with Gasteiger partial charge in [0.2, 0.25) is 5.91 Å². The Labute approximate surface area is 118 Å². The summed E-state index contributed by atoms with van der Waals surface area (Å²) in [6.45, 7) is 8.61. The first-order valence-corrected chi connectivity index (χ1v) is 7.74. The average Bonchev–Trinajstić information content (AvgIpc) is 2.23. The van der Waals surface area contributed by atoms with Crippen molar-refractivity contribution in [2.24, 2.45) is 0 Å². The molecule has 0 bridgehead atoms. The van der Waals surface area contributed by atoms with E-state index in [1.54, 1.807) is 0 Å². The lowest BCUT2D eigenvalue weighted by molar-refractivity contribution is -0.308. The van der Waals surface area contributed by atoms with Gasteiger partial charge in [-0.1, -0.05) is 15.9 Å². The third-order valence-corrected chi connectivity index (χ3v) is 4.03. The molecule has 18 heavy (non-hydrogen) atoms. The third kappa shape index (κ3) is 4.21. The lowest BCUT2D eigenvalue weighted by Crippen LogP contribution is -2.60. The van der Waals surface area contributed by atoms with Gasteiger partial charge in [-0.2, -0.15) is 10.0 Å². The Hall–Kier alpha value is -0.130. The molecule has 0 saturated carbocycles. The van der Waals surface area contributed by atoms with E-state index in [4.69, 9.17) is 4.94 Å². The smallest absolute Gasteiger partial charge is 0.245 e. The van der Waals surface area contributed by atoms with E-state index in [9.17, 15) is 4.79 Å². The van der Waals surface area contributed by atoms with E-state index in [1.807, 2.05) is 5.06 Å². The van der Waals surface area contributed by atoms with Gasteiger partial charge in [-0.15, -0.1) is 0 Å². The number of hydrogen-bond donors (Lipinski definition) is 1. The molecule has 0 radical (unpaired) electrons. The molecule has 0 aromatic carbocycles. The maximum absolute atomic E-state index is 11.6. The highest BCUT2D eigenvalue weighted by molar-refractivity contribution is 9.09. The predicted octanol–water partition coefficient (Wildman–Crippen LogP) is 3.17. The van der Waals surface area contributed by atoms with Crippen molar-refractivity contribution < 1.29 is 9.73 Å². The van der Waals surface area contributed by atoms with Gasteiger partial charge in [0.05, 0.1) is 0 Å². The predicted molar refractivity (Wildman–Crippen MR) is 76.1 cm³/mol. The average molecular weight is 321 g/mol. The Kier molecular flexibility index (Phi) is 5.62. The molecule has 1 aliphatic heterocycles. The van der Waals surface area contributed by atoms with Crippen molar-refractivity contribution in [2.75, 3.05) is 5.33 Å². The summed E-state index contributed by atoms with van der Waals surface area (Å²) in [5.41, 5.74) is 2.46. The fourth-order valence-electron chi connectivity index (χ4n) is 2.60. The van der Waals surface area contributed by atoms with E-state index < -0.39 is 0 Å². The highest BCUT2D eigenvalue weighted by Crippen LogP contribution is 2.37. The fourth-order valence-corrected chi connectivity index (χ4v) is 2.88. The van der Waals surface area contributed by atoms with Crippen LogP contribution in [0.15, 0.2) is 0 Å². The van der Waals surface area contributed by atoms with E-state index in [0.29, 0.717) is 6.42 Å². The minimum absolute atomic E-state index is 0.0511. The summed E-state index contributed by atoms with van der Waals surface area (Å²) >= 11 is 3.31. The number of rotatable bonds is 5. The molecule has 106 valence electrons. The Morgan fingerprint density at radius 2 is 1.83 bits per heavy atom. The minimum atomic E-state index is -0.0633. The molecule has 1 fully saturated rings. The maximum atomic E-state index is 11.6. The normalized spacial score (nSPS) is 22.7. The highest BCUT2D eigenvalue weighted by Gasteiger charge is 2.43. The second-order valence-electron chi connectivity index (χ2n) is 6.18. The molecule has 1 aliphatic rings. The van der Waals surface area contributed by atoms with Crippen LogP contribution >= 0.6 is 15.9 Å². The number of carbonyl (C=O) groups is 1. The molecule has 1 amide bonds. The van der Waals surface area contributed by atoms with Crippen LogP contribution in [0.25, 0.3) is 0 Å². The molecule has 1 N–H and O–H groups in total. The minimum Gasteiger partial charge on any atom is -0.273 e. The zero-order valence-electron chi connectivity index (χ0n) is 11.9. The van der Waals surface area contributed by atoms with Gasteiger partial charge < -0.3 is 0 Å². The SMILES string of the molecule is CC1(C)CCCC(C)(C)N1ONC(=O)CCCBr. The summed E-state index contributed by atoms with van der Waals surface area (Å²) in [5, 5.41) is 2.77. The van der Waals surface area contributed by atoms with Crippen LogP contribution < -0.4 is 5.48 Å². The van der Waals surface area contributed by atoms with Crippen molar-refractivity contribution in [3.63, 3.8) is 0 Å². The van der Waals surface area contributed by atoms with E-state index in [1.165, 1.54) is 6.42 Å². The summed E-state index contributed by atoms with van der Waals surface area (Å²) in [4.78, 5) is 17.2. The van der Waals surface area contributed by atoms with Crippen LogP contribution in [0.2, 0.25) is 0 Å². The Morgan fingerprint density at radius 3 is 2.33 bits per heavy atom. The molecule has 0 unspecified atom stereocenters. The van der Waals surface area contributed by atoms with Gasteiger partial charge in [-0.3, -0.25) is 4.79 Å². The van der Waals surface area contributed by atoms with Gasteiger partial charge in [0.25, 0.3) is 0 Å². The number of carbonyl (C=O) groups excluding carboxylic acids is 1. The lowest BCUT2D eigenvalue weighted by Gasteiger charge is -2.50. The maximum Gasteiger partial charge on any atom is 0.245 e. The number of halogens is 1. The molecule has 1 saturated heterocycles. The van der Waals surface area contributed by atoms with Gasteiger partial charge in [-0.05, 0) is 53.4 Å². The van der Waals surface area contributed by atoms with E-state index in [0.717, 1.165) is 24.6 Å².